The molecule has 0 radical (unpaired) electrons. The maximum absolute atomic E-state index is 13.9. The van der Waals surface area contributed by atoms with E-state index in [0.717, 1.165) is 29.7 Å². The van der Waals surface area contributed by atoms with Crippen molar-refractivity contribution in [3.8, 4) is 0 Å². The van der Waals surface area contributed by atoms with Gasteiger partial charge in [-0.2, -0.15) is 0 Å². The summed E-state index contributed by atoms with van der Waals surface area (Å²) < 4.78 is 13.9. The summed E-state index contributed by atoms with van der Waals surface area (Å²) in [6.45, 7) is 3.66. The lowest BCUT2D eigenvalue weighted by atomic mass is 9.85. The number of nitrogens with zero attached hydrogens (tertiary/aromatic N) is 1. The number of hydrogen-bond donors (Lipinski definition) is 3. The molecule has 0 aliphatic heterocycles. The Morgan fingerprint density at radius 2 is 1.93 bits per heavy atom. The summed E-state index contributed by atoms with van der Waals surface area (Å²) in [7, 11) is 0. The van der Waals surface area contributed by atoms with Gasteiger partial charge in [0.25, 0.3) is 5.91 Å². The molecule has 0 spiro atoms. The lowest BCUT2D eigenvalue weighted by Gasteiger charge is -2.22. The number of nitrogens with one attached hydrogen (secondary N) is 3. The molecule has 1 saturated carbocycles. The maximum atomic E-state index is 13.9. The summed E-state index contributed by atoms with van der Waals surface area (Å²) in [4.78, 5) is 33.3. The first-order valence-electron chi connectivity index (χ1n) is 10.3. The first kappa shape index (κ1) is 20.1. The molecule has 1 heterocycles. The summed E-state index contributed by atoms with van der Waals surface area (Å²) in [5, 5.41) is 5.51. The summed E-state index contributed by atoms with van der Waals surface area (Å²) in [6, 6.07) is 10.4. The summed E-state index contributed by atoms with van der Waals surface area (Å²) in [5.41, 5.74) is 2.26. The van der Waals surface area contributed by atoms with E-state index in [1.165, 1.54) is 24.6 Å². The van der Waals surface area contributed by atoms with E-state index in [2.05, 4.69) is 20.6 Å². The van der Waals surface area contributed by atoms with Crippen molar-refractivity contribution >= 4 is 28.5 Å². The van der Waals surface area contributed by atoms with Crippen LogP contribution in [-0.4, -0.2) is 27.8 Å². The second kappa shape index (κ2) is 8.26. The third-order valence-electron chi connectivity index (χ3n) is 5.61. The molecule has 1 aromatic heterocycles. The van der Waals surface area contributed by atoms with E-state index in [9.17, 15) is 14.0 Å². The van der Waals surface area contributed by atoms with Crippen LogP contribution in [0.4, 0.5) is 10.1 Å². The minimum absolute atomic E-state index is 0.0849. The van der Waals surface area contributed by atoms with Crippen molar-refractivity contribution in [2.45, 2.75) is 45.1 Å². The highest BCUT2D eigenvalue weighted by Gasteiger charge is 2.26. The van der Waals surface area contributed by atoms with Crippen LogP contribution < -0.4 is 10.6 Å². The molecule has 0 bridgehead atoms. The molecule has 1 aliphatic rings. The number of carbonyl (C=O) groups is 2. The normalized spacial score (nSPS) is 15.1. The third kappa shape index (κ3) is 4.06. The summed E-state index contributed by atoms with van der Waals surface area (Å²) >= 11 is 0. The predicted molar refractivity (Wildman–Crippen MR) is 114 cm³/mol. The van der Waals surface area contributed by atoms with Crippen LogP contribution >= 0.6 is 0 Å². The van der Waals surface area contributed by atoms with Crippen molar-refractivity contribution in [1.82, 2.24) is 15.3 Å². The molecule has 1 unspecified atom stereocenters. The fourth-order valence-corrected chi connectivity index (χ4v) is 3.60. The van der Waals surface area contributed by atoms with Crippen molar-refractivity contribution < 1.29 is 14.0 Å². The largest absolute Gasteiger partial charge is 0.342 e. The highest BCUT2D eigenvalue weighted by molar-refractivity contribution is 6.02. The van der Waals surface area contributed by atoms with Crippen LogP contribution in [0.25, 0.3) is 11.0 Å². The SMILES string of the molecule is CC(C)C(NC(=O)c1ccccc1F)C(=O)Nc1ccc2nc(C3CCC3)[nH]c2c1. The van der Waals surface area contributed by atoms with Crippen molar-refractivity contribution in [1.29, 1.82) is 0 Å². The van der Waals surface area contributed by atoms with Crippen LogP contribution in [-0.2, 0) is 4.79 Å². The number of benzene rings is 2. The molecule has 2 aromatic carbocycles. The Hall–Kier alpha value is -3.22. The van der Waals surface area contributed by atoms with Crippen molar-refractivity contribution in [3.63, 3.8) is 0 Å². The lowest BCUT2D eigenvalue weighted by molar-refractivity contribution is -0.118. The number of carbonyl (C=O) groups excluding carboxylic acids is 2. The van der Waals surface area contributed by atoms with Gasteiger partial charge in [0.1, 0.15) is 17.7 Å². The number of amides is 2. The molecule has 30 heavy (non-hydrogen) atoms. The predicted octanol–water partition coefficient (Wildman–Crippen LogP) is 4.36. The van der Waals surface area contributed by atoms with Gasteiger partial charge in [0.05, 0.1) is 16.6 Å². The molecule has 2 amide bonds. The second-order valence-corrected chi connectivity index (χ2v) is 8.15. The maximum Gasteiger partial charge on any atom is 0.254 e. The van der Waals surface area contributed by atoms with E-state index in [1.54, 1.807) is 12.1 Å². The fraction of sp³-hybridized carbons (Fsp3) is 0.348. The first-order chi connectivity index (χ1) is 14.4. The Labute approximate surface area is 174 Å². The number of H-pyrrole nitrogens is 1. The quantitative estimate of drug-likeness (QED) is 0.566. The van der Waals surface area contributed by atoms with Crippen molar-refractivity contribution in [3.05, 3.63) is 59.7 Å². The molecule has 156 valence electrons. The van der Waals surface area contributed by atoms with E-state index in [-0.39, 0.29) is 17.4 Å². The van der Waals surface area contributed by atoms with E-state index in [4.69, 9.17) is 0 Å². The van der Waals surface area contributed by atoms with Crippen molar-refractivity contribution in [2.24, 2.45) is 5.92 Å². The molecular formula is C23H25FN4O2. The van der Waals surface area contributed by atoms with Gasteiger partial charge in [0.2, 0.25) is 5.91 Å². The fourth-order valence-electron chi connectivity index (χ4n) is 3.60. The Morgan fingerprint density at radius 1 is 1.17 bits per heavy atom. The molecule has 3 N–H and O–H groups in total. The Bertz CT molecular complexity index is 1090. The average Bonchev–Trinajstić information content (AvgIpc) is 3.06. The summed E-state index contributed by atoms with van der Waals surface area (Å²) in [5.74, 6) is -0.276. The molecule has 4 rings (SSSR count). The van der Waals surface area contributed by atoms with E-state index < -0.39 is 17.8 Å². The van der Waals surface area contributed by atoms with Gasteiger partial charge in [-0.3, -0.25) is 9.59 Å². The first-order valence-corrected chi connectivity index (χ1v) is 10.3. The van der Waals surface area contributed by atoms with Gasteiger partial charge in [0.15, 0.2) is 0 Å². The Morgan fingerprint density at radius 3 is 2.60 bits per heavy atom. The van der Waals surface area contributed by atoms with Gasteiger partial charge in [0, 0.05) is 11.6 Å². The molecule has 3 aromatic rings. The minimum atomic E-state index is -0.805. The number of aromatic amines is 1. The smallest absolute Gasteiger partial charge is 0.254 e. The van der Waals surface area contributed by atoms with Crippen LogP contribution in [0, 0.1) is 11.7 Å². The highest BCUT2D eigenvalue weighted by atomic mass is 19.1. The third-order valence-corrected chi connectivity index (χ3v) is 5.61. The molecule has 1 aliphatic carbocycles. The number of anilines is 1. The van der Waals surface area contributed by atoms with Gasteiger partial charge >= 0.3 is 0 Å². The molecule has 1 atom stereocenters. The van der Waals surface area contributed by atoms with Gasteiger partial charge in [-0.05, 0) is 49.1 Å². The zero-order chi connectivity index (χ0) is 21.3. The van der Waals surface area contributed by atoms with Gasteiger partial charge in [-0.1, -0.05) is 32.4 Å². The van der Waals surface area contributed by atoms with Crippen LogP contribution in [0.1, 0.15) is 55.2 Å². The second-order valence-electron chi connectivity index (χ2n) is 8.15. The van der Waals surface area contributed by atoms with Crippen LogP contribution in [0.3, 0.4) is 0 Å². The number of rotatable bonds is 6. The molecule has 0 saturated heterocycles. The monoisotopic (exact) mass is 408 g/mol. The summed E-state index contributed by atoms with van der Waals surface area (Å²) in [6.07, 6.45) is 3.54. The zero-order valence-electron chi connectivity index (χ0n) is 17.0. The number of halogens is 1. The standard InChI is InChI=1S/C23H25FN4O2/c1-13(2)20(28-22(29)16-8-3-4-9-17(16)24)23(30)25-15-10-11-18-19(12-15)27-21(26-18)14-6-5-7-14/h3-4,8-14,20H,5-7H2,1-2H3,(H,25,30)(H,26,27)(H,28,29). The van der Waals surface area contributed by atoms with Crippen LogP contribution in [0.2, 0.25) is 0 Å². The Balaban J connectivity index is 1.48. The molecular weight excluding hydrogens is 383 g/mol. The molecule has 6 nitrogen and oxygen atoms in total. The van der Waals surface area contributed by atoms with Crippen molar-refractivity contribution in [2.75, 3.05) is 5.32 Å². The topological polar surface area (TPSA) is 86.9 Å². The van der Waals surface area contributed by atoms with Crippen LogP contribution in [0.15, 0.2) is 42.5 Å². The van der Waals surface area contributed by atoms with E-state index in [0.29, 0.717) is 11.6 Å². The van der Waals surface area contributed by atoms with E-state index >= 15 is 0 Å². The number of imidazole rings is 1. The minimum Gasteiger partial charge on any atom is -0.342 e. The van der Waals surface area contributed by atoms with Gasteiger partial charge in [-0.15, -0.1) is 0 Å². The lowest BCUT2D eigenvalue weighted by Crippen LogP contribution is -2.47. The van der Waals surface area contributed by atoms with E-state index in [1.807, 2.05) is 26.0 Å². The average molecular weight is 408 g/mol. The number of aromatic nitrogens is 2. The Kier molecular flexibility index (Phi) is 5.53. The zero-order valence-corrected chi connectivity index (χ0v) is 17.0. The van der Waals surface area contributed by atoms with Gasteiger partial charge in [-0.25, -0.2) is 9.37 Å². The van der Waals surface area contributed by atoms with Crippen LogP contribution in [0.5, 0.6) is 0 Å². The highest BCUT2D eigenvalue weighted by Crippen LogP contribution is 2.35. The number of fused-ring (bicyclic) bond motifs is 1. The molecule has 1 fully saturated rings. The number of hydrogen-bond acceptors (Lipinski definition) is 3. The molecule has 7 heteroatoms. The van der Waals surface area contributed by atoms with Gasteiger partial charge < -0.3 is 15.6 Å².